The zero-order chi connectivity index (χ0) is 48.5. The van der Waals surface area contributed by atoms with Gasteiger partial charge in [-0.25, -0.2) is 0 Å². The largest absolute Gasteiger partial charge is 0.456 e. The maximum absolute atomic E-state index is 6.36. The van der Waals surface area contributed by atoms with Gasteiger partial charge in [0.25, 0.3) is 0 Å². The molecule has 0 saturated heterocycles. The summed E-state index contributed by atoms with van der Waals surface area (Å²) in [6.45, 7) is 0. The van der Waals surface area contributed by atoms with Gasteiger partial charge in [0.15, 0.2) is 0 Å². The van der Waals surface area contributed by atoms with Gasteiger partial charge < -0.3 is 23.5 Å². The maximum atomic E-state index is 6.36. The summed E-state index contributed by atoms with van der Waals surface area (Å²) in [6.07, 6.45) is 3.63. The average molecular weight is 1320 g/mol. The summed E-state index contributed by atoms with van der Waals surface area (Å²) in [6, 6.07) is 94.8. The fraction of sp³-hybridized carbons (Fsp3) is 0. The molecule has 0 unspecified atom stereocenters. The first-order chi connectivity index (χ1) is 36.2. The summed E-state index contributed by atoms with van der Waals surface area (Å²) >= 11 is 0. The van der Waals surface area contributed by atoms with Crippen molar-refractivity contribution in [3.8, 4) is 45.0 Å². The van der Waals surface area contributed by atoms with Crippen LogP contribution in [-0.4, -0.2) is 19.1 Å². The van der Waals surface area contributed by atoms with Crippen LogP contribution in [0.15, 0.2) is 272 Å². The molecule has 0 saturated carbocycles. The third-order valence-electron chi connectivity index (χ3n) is 13.6. The van der Waals surface area contributed by atoms with Crippen molar-refractivity contribution in [2.45, 2.75) is 0 Å². The molecule has 15 aromatic rings. The molecule has 0 amide bonds. The van der Waals surface area contributed by atoms with Crippen LogP contribution < -0.4 is 0 Å². The van der Waals surface area contributed by atoms with E-state index in [2.05, 4.69) is 201 Å². The Bertz CT molecular complexity index is 4340. The van der Waals surface area contributed by atoms with Gasteiger partial charge in [-0.3, -0.25) is 0 Å². The van der Waals surface area contributed by atoms with Gasteiger partial charge in [0.2, 0.25) is 0 Å². The number of fused-ring (bicyclic) bond motifs is 10. The van der Waals surface area contributed by atoms with Gasteiger partial charge in [-0.15, -0.1) is 71.8 Å². The molecular formula is C68H44Ir2N4O-2. The number of hydrogen-bond donors (Lipinski definition) is 0. The van der Waals surface area contributed by atoms with Crippen molar-refractivity contribution in [1.82, 2.24) is 19.1 Å². The molecule has 362 valence electrons. The fourth-order valence-electron chi connectivity index (χ4n) is 10.2. The van der Waals surface area contributed by atoms with Crippen LogP contribution in [0.3, 0.4) is 0 Å². The second-order valence-electron chi connectivity index (χ2n) is 17.9. The van der Waals surface area contributed by atoms with Crippen LogP contribution in [0.25, 0.3) is 121 Å². The Labute approximate surface area is 461 Å². The van der Waals surface area contributed by atoms with Crippen molar-refractivity contribution in [1.29, 1.82) is 0 Å². The Balaban J connectivity index is 0.000000164. The number of para-hydroxylation sites is 4. The zero-order valence-electron chi connectivity index (χ0n) is 40.3. The second-order valence-corrected chi connectivity index (χ2v) is 17.9. The molecule has 0 aliphatic rings. The standard InChI is InChI=1S/C42H26N2O.C15H10N.C11H8N.2Ir/c1-2-10-29(11-3-1)43-39-17-9-6-14-33(39)34-24-27(18-21-40(34)43)28-19-22-41-35(25-28)36-26-30(20-23-42(36)45-41)44-37-15-7-4-12-31(37)32-13-5-8-16-38(32)44;1-2-7-13(8-3-1)15-14-9-5-4-6-12(14)10-11-16-15;1-2-6-10(7-3-1)11-8-4-5-9-12-11;;/h1-26H;1-7,9-11H;1-6,8-9H;;/q;2*-1;;. The molecule has 0 aliphatic heterocycles. The van der Waals surface area contributed by atoms with E-state index in [1.165, 1.54) is 71.2 Å². The van der Waals surface area contributed by atoms with Gasteiger partial charge in [-0.1, -0.05) is 121 Å². The van der Waals surface area contributed by atoms with E-state index < -0.39 is 0 Å². The number of furan rings is 1. The monoisotopic (exact) mass is 1320 g/mol. The third-order valence-corrected chi connectivity index (χ3v) is 13.6. The Morgan fingerprint density at radius 3 is 1.51 bits per heavy atom. The molecule has 0 N–H and O–H groups in total. The van der Waals surface area contributed by atoms with E-state index in [1.54, 1.807) is 6.20 Å². The zero-order valence-corrected chi connectivity index (χ0v) is 45.1. The summed E-state index contributed by atoms with van der Waals surface area (Å²) in [5, 5.41) is 9.65. The minimum absolute atomic E-state index is 0. The number of nitrogens with zero attached hydrogens (tertiary/aromatic N) is 4. The number of aromatic nitrogens is 4. The number of rotatable bonds is 5. The molecule has 0 fully saturated rings. The predicted octanol–water partition coefficient (Wildman–Crippen LogP) is 17.7. The summed E-state index contributed by atoms with van der Waals surface area (Å²) in [5.74, 6) is 0. The topological polar surface area (TPSA) is 48.8 Å². The molecule has 5 aromatic heterocycles. The summed E-state index contributed by atoms with van der Waals surface area (Å²) in [7, 11) is 0. The SMILES string of the molecule is [Ir].[Ir].[c-]1ccccc1-c1ccccn1.[c-]1ccccc1-c1nccc2ccccc12.c1ccc(-n2c3ccccc3c3cc(-c4ccc5oc6ccc(-n7c8ccccc8c8ccccc87)cc6c5c4)ccc32)cc1. The van der Waals surface area contributed by atoms with Crippen LogP contribution in [0.2, 0.25) is 0 Å². The fourth-order valence-corrected chi connectivity index (χ4v) is 10.2. The summed E-state index contributed by atoms with van der Waals surface area (Å²) in [4.78, 5) is 8.66. The van der Waals surface area contributed by atoms with Gasteiger partial charge in [0.1, 0.15) is 11.2 Å². The Morgan fingerprint density at radius 2 is 0.853 bits per heavy atom. The number of pyridine rings is 2. The smallest absolute Gasteiger partial charge is 0.135 e. The molecule has 0 aliphatic carbocycles. The van der Waals surface area contributed by atoms with E-state index in [4.69, 9.17) is 4.42 Å². The number of benzene rings is 10. The molecule has 5 nitrogen and oxygen atoms in total. The van der Waals surface area contributed by atoms with Gasteiger partial charge in [0.05, 0.1) is 22.1 Å². The van der Waals surface area contributed by atoms with Crippen LogP contribution in [0, 0.1) is 12.1 Å². The molecular weight excluding hydrogens is 1270 g/mol. The summed E-state index contributed by atoms with van der Waals surface area (Å²) in [5.41, 5.74) is 15.3. The van der Waals surface area contributed by atoms with Gasteiger partial charge in [-0.05, 0) is 118 Å². The Morgan fingerprint density at radius 1 is 0.333 bits per heavy atom. The molecule has 0 spiro atoms. The van der Waals surface area contributed by atoms with Crippen molar-refractivity contribution in [2.75, 3.05) is 0 Å². The van der Waals surface area contributed by atoms with Crippen LogP contribution in [0.5, 0.6) is 0 Å². The molecule has 7 heteroatoms. The molecule has 0 atom stereocenters. The predicted molar refractivity (Wildman–Crippen MR) is 302 cm³/mol. The molecule has 15 rings (SSSR count). The van der Waals surface area contributed by atoms with Crippen molar-refractivity contribution < 1.29 is 44.6 Å². The van der Waals surface area contributed by atoms with E-state index in [9.17, 15) is 0 Å². The minimum atomic E-state index is 0. The van der Waals surface area contributed by atoms with Gasteiger partial charge in [0, 0.05) is 96.3 Å². The van der Waals surface area contributed by atoms with E-state index in [0.29, 0.717) is 0 Å². The van der Waals surface area contributed by atoms with E-state index in [-0.39, 0.29) is 40.2 Å². The van der Waals surface area contributed by atoms with Gasteiger partial charge >= 0.3 is 0 Å². The molecule has 5 heterocycles. The third kappa shape index (κ3) is 9.29. The molecule has 75 heavy (non-hydrogen) atoms. The second kappa shape index (κ2) is 21.5. The van der Waals surface area contributed by atoms with Crippen molar-refractivity contribution >= 4 is 76.3 Å². The van der Waals surface area contributed by atoms with Crippen molar-refractivity contribution in [2.24, 2.45) is 0 Å². The van der Waals surface area contributed by atoms with E-state index >= 15 is 0 Å². The first kappa shape index (κ1) is 48.7. The normalized spacial score (nSPS) is 11.0. The van der Waals surface area contributed by atoms with Crippen molar-refractivity contribution in [3.05, 3.63) is 279 Å². The Hall–Kier alpha value is -8.54. The van der Waals surface area contributed by atoms with Crippen molar-refractivity contribution in [3.63, 3.8) is 0 Å². The van der Waals surface area contributed by atoms with E-state index in [0.717, 1.165) is 50.1 Å². The quantitative estimate of drug-likeness (QED) is 0.161. The van der Waals surface area contributed by atoms with Crippen LogP contribution in [0.4, 0.5) is 0 Å². The number of hydrogen-bond acceptors (Lipinski definition) is 3. The molecule has 0 bridgehead atoms. The average Bonchev–Trinajstić information content (AvgIpc) is 4.14. The maximum Gasteiger partial charge on any atom is 0.135 e. The van der Waals surface area contributed by atoms with Crippen LogP contribution in [-0.2, 0) is 40.2 Å². The minimum Gasteiger partial charge on any atom is -0.456 e. The van der Waals surface area contributed by atoms with E-state index in [1.807, 2.05) is 91.1 Å². The van der Waals surface area contributed by atoms with Crippen LogP contribution >= 0.6 is 0 Å². The molecule has 10 aromatic carbocycles. The van der Waals surface area contributed by atoms with Crippen LogP contribution in [0.1, 0.15) is 0 Å². The Kier molecular flexibility index (Phi) is 14.0. The first-order valence-electron chi connectivity index (χ1n) is 24.5. The first-order valence-corrected chi connectivity index (χ1v) is 24.5. The van der Waals surface area contributed by atoms with Gasteiger partial charge in [-0.2, -0.15) is 0 Å². The molecule has 2 radical (unpaired) electrons. The summed E-state index contributed by atoms with van der Waals surface area (Å²) < 4.78 is 11.1.